The fourth-order valence-corrected chi connectivity index (χ4v) is 2.72. The minimum absolute atomic E-state index is 0.00734. The maximum Gasteiger partial charge on any atom is 0.319 e. The molecule has 24 heavy (non-hydrogen) atoms. The smallest absolute Gasteiger partial charge is 0.319 e. The van der Waals surface area contributed by atoms with E-state index in [-0.39, 0.29) is 24.2 Å². The number of aliphatic carboxylic acids is 1. The van der Waals surface area contributed by atoms with Crippen LogP contribution in [0.5, 0.6) is 0 Å². The predicted octanol–water partition coefficient (Wildman–Crippen LogP) is 1.76. The highest BCUT2D eigenvalue weighted by Crippen LogP contribution is 2.25. The topological polar surface area (TPSA) is 105 Å². The van der Waals surface area contributed by atoms with E-state index >= 15 is 0 Å². The number of nitrogens with zero attached hydrogens (tertiary/aromatic N) is 2. The van der Waals surface area contributed by atoms with Crippen molar-refractivity contribution in [2.24, 2.45) is 0 Å². The molecule has 0 unspecified atom stereocenters. The van der Waals surface area contributed by atoms with Crippen LogP contribution in [0.15, 0.2) is 18.2 Å². The summed E-state index contributed by atoms with van der Waals surface area (Å²) in [5, 5.41) is 23.0. The lowest BCUT2D eigenvalue weighted by Gasteiger charge is -2.42. The van der Waals surface area contributed by atoms with Crippen molar-refractivity contribution in [3.63, 3.8) is 0 Å². The molecule has 1 aromatic carbocycles. The number of benzene rings is 1. The highest BCUT2D eigenvalue weighted by molar-refractivity contribution is 5.89. The molecular formula is C16H19FN4O3. The van der Waals surface area contributed by atoms with Crippen LogP contribution in [0.4, 0.5) is 14.9 Å². The summed E-state index contributed by atoms with van der Waals surface area (Å²) in [6, 6.07) is 5.16. The Morgan fingerprint density at radius 2 is 2.17 bits per heavy atom. The van der Waals surface area contributed by atoms with Gasteiger partial charge in [0, 0.05) is 17.8 Å². The maximum atomic E-state index is 13.2. The number of urea groups is 1. The molecule has 1 fully saturated rings. The van der Waals surface area contributed by atoms with E-state index < -0.39 is 17.8 Å². The second-order valence-electron chi connectivity index (χ2n) is 5.68. The molecule has 2 amide bonds. The number of hydrogen-bond donors (Lipinski definition) is 3. The molecule has 0 saturated heterocycles. The standard InChI is InChI=1S/C16H19FN4O3/c1-2-21(9-15(22)23)13-6-12(7-13)20-16(24)19-11-3-4-14(17)10(5-11)8-18/h3-5,12-13H,2,6-7,9H2,1H3,(H,22,23)(H2,19,20,24). The number of hydrogen-bond acceptors (Lipinski definition) is 4. The SMILES string of the molecule is CCN(CC(=O)O)C1CC(NC(=O)Nc2ccc(F)c(C#N)c2)C1. The molecule has 0 aliphatic heterocycles. The highest BCUT2D eigenvalue weighted by atomic mass is 19.1. The highest BCUT2D eigenvalue weighted by Gasteiger charge is 2.34. The number of rotatable bonds is 6. The number of carboxylic acid groups (broad SMARTS) is 1. The zero-order chi connectivity index (χ0) is 17.7. The molecule has 1 saturated carbocycles. The number of nitriles is 1. The van der Waals surface area contributed by atoms with Crippen LogP contribution < -0.4 is 10.6 Å². The third kappa shape index (κ3) is 4.43. The number of anilines is 1. The van der Waals surface area contributed by atoms with Crippen molar-refractivity contribution in [1.82, 2.24) is 10.2 Å². The lowest BCUT2D eigenvalue weighted by molar-refractivity contribution is -0.139. The van der Waals surface area contributed by atoms with Crippen molar-refractivity contribution in [3.05, 3.63) is 29.6 Å². The Labute approximate surface area is 139 Å². The Morgan fingerprint density at radius 3 is 2.75 bits per heavy atom. The van der Waals surface area contributed by atoms with Gasteiger partial charge in [0.2, 0.25) is 0 Å². The van der Waals surface area contributed by atoms with Crippen molar-refractivity contribution < 1.29 is 19.1 Å². The Morgan fingerprint density at radius 1 is 1.46 bits per heavy atom. The van der Waals surface area contributed by atoms with E-state index in [1.807, 2.05) is 11.8 Å². The molecule has 2 rings (SSSR count). The van der Waals surface area contributed by atoms with Crippen LogP contribution in [0.1, 0.15) is 25.3 Å². The first-order valence-corrected chi connectivity index (χ1v) is 7.66. The molecule has 128 valence electrons. The van der Waals surface area contributed by atoms with E-state index in [0.29, 0.717) is 25.1 Å². The van der Waals surface area contributed by atoms with Gasteiger partial charge in [-0.2, -0.15) is 5.26 Å². The molecule has 0 heterocycles. The Bertz CT molecular complexity index is 668. The summed E-state index contributed by atoms with van der Waals surface area (Å²) in [7, 11) is 0. The molecular weight excluding hydrogens is 315 g/mol. The number of halogens is 1. The third-order valence-electron chi connectivity index (χ3n) is 4.05. The maximum absolute atomic E-state index is 13.2. The Balaban J connectivity index is 1.81. The van der Waals surface area contributed by atoms with E-state index in [1.165, 1.54) is 12.1 Å². The van der Waals surface area contributed by atoms with Gasteiger partial charge >= 0.3 is 12.0 Å². The molecule has 7 nitrogen and oxygen atoms in total. The van der Waals surface area contributed by atoms with Crippen LogP contribution >= 0.6 is 0 Å². The second kappa shape index (κ2) is 7.75. The molecule has 1 aliphatic carbocycles. The normalized spacial score (nSPS) is 19.2. The zero-order valence-corrected chi connectivity index (χ0v) is 13.3. The third-order valence-corrected chi connectivity index (χ3v) is 4.05. The number of carbonyl (C=O) groups is 2. The number of likely N-dealkylation sites (N-methyl/N-ethyl adjacent to an activating group) is 1. The van der Waals surface area contributed by atoms with Crippen molar-refractivity contribution in [2.45, 2.75) is 31.8 Å². The van der Waals surface area contributed by atoms with E-state index in [9.17, 15) is 14.0 Å². The van der Waals surface area contributed by atoms with Gasteiger partial charge in [-0.25, -0.2) is 9.18 Å². The van der Waals surface area contributed by atoms with Gasteiger partial charge in [-0.1, -0.05) is 6.92 Å². The summed E-state index contributed by atoms with van der Waals surface area (Å²) < 4.78 is 13.2. The molecule has 1 aliphatic rings. The van der Waals surface area contributed by atoms with E-state index in [2.05, 4.69) is 10.6 Å². The monoisotopic (exact) mass is 334 g/mol. The van der Waals surface area contributed by atoms with Gasteiger partial charge in [-0.05, 0) is 37.6 Å². The molecule has 3 N–H and O–H groups in total. The number of amides is 2. The van der Waals surface area contributed by atoms with Gasteiger partial charge < -0.3 is 15.7 Å². The summed E-state index contributed by atoms with van der Waals surface area (Å²) >= 11 is 0. The summed E-state index contributed by atoms with van der Waals surface area (Å²) in [6.07, 6.45) is 1.36. The number of carboxylic acids is 1. The van der Waals surface area contributed by atoms with Gasteiger partial charge in [0.05, 0.1) is 12.1 Å². The van der Waals surface area contributed by atoms with Crippen LogP contribution in [-0.2, 0) is 4.79 Å². The van der Waals surface area contributed by atoms with Crippen LogP contribution in [0.3, 0.4) is 0 Å². The van der Waals surface area contributed by atoms with Gasteiger partial charge in [-0.3, -0.25) is 9.69 Å². The van der Waals surface area contributed by atoms with Crippen molar-refractivity contribution >= 4 is 17.7 Å². The quantitative estimate of drug-likeness (QED) is 0.735. The van der Waals surface area contributed by atoms with Crippen molar-refractivity contribution in [1.29, 1.82) is 5.26 Å². The molecule has 0 radical (unpaired) electrons. The van der Waals surface area contributed by atoms with Gasteiger partial charge in [0.25, 0.3) is 0 Å². The van der Waals surface area contributed by atoms with Crippen LogP contribution in [0.25, 0.3) is 0 Å². The Hall–Kier alpha value is -2.66. The Kier molecular flexibility index (Phi) is 5.71. The van der Waals surface area contributed by atoms with E-state index in [4.69, 9.17) is 10.4 Å². The first kappa shape index (κ1) is 17.7. The largest absolute Gasteiger partial charge is 0.480 e. The molecule has 1 aromatic rings. The minimum atomic E-state index is -0.865. The van der Waals surface area contributed by atoms with Gasteiger partial charge in [0.1, 0.15) is 11.9 Å². The summed E-state index contributed by atoms with van der Waals surface area (Å²) in [6.45, 7) is 2.53. The predicted molar refractivity (Wildman–Crippen MR) is 85.0 cm³/mol. The lowest BCUT2D eigenvalue weighted by Crippen LogP contribution is -2.55. The summed E-state index contributed by atoms with van der Waals surface area (Å²) in [5.74, 6) is -1.50. The van der Waals surface area contributed by atoms with E-state index in [1.54, 1.807) is 6.07 Å². The van der Waals surface area contributed by atoms with Gasteiger partial charge in [-0.15, -0.1) is 0 Å². The lowest BCUT2D eigenvalue weighted by atomic mass is 9.85. The number of nitrogens with one attached hydrogen (secondary N) is 2. The fourth-order valence-electron chi connectivity index (χ4n) is 2.72. The minimum Gasteiger partial charge on any atom is -0.480 e. The van der Waals surface area contributed by atoms with Gasteiger partial charge in [0.15, 0.2) is 0 Å². The van der Waals surface area contributed by atoms with Crippen LogP contribution in [-0.4, -0.2) is 47.2 Å². The molecule has 0 spiro atoms. The fraction of sp³-hybridized carbons (Fsp3) is 0.438. The summed E-state index contributed by atoms with van der Waals surface area (Å²) in [4.78, 5) is 24.6. The summed E-state index contributed by atoms with van der Waals surface area (Å²) in [5.41, 5.74) is 0.200. The molecule has 0 bridgehead atoms. The molecule has 8 heteroatoms. The number of carbonyl (C=O) groups excluding carboxylic acids is 1. The average molecular weight is 334 g/mol. The van der Waals surface area contributed by atoms with Crippen molar-refractivity contribution in [3.8, 4) is 6.07 Å². The van der Waals surface area contributed by atoms with E-state index in [0.717, 1.165) is 6.07 Å². The zero-order valence-electron chi connectivity index (χ0n) is 13.3. The van der Waals surface area contributed by atoms with Crippen LogP contribution in [0, 0.1) is 17.1 Å². The van der Waals surface area contributed by atoms with Crippen LogP contribution in [0.2, 0.25) is 0 Å². The first-order valence-electron chi connectivity index (χ1n) is 7.66. The second-order valence-corrected chi connectivity index (χ2v) is 5.68. The molecule has 0 atom stereocenters. The average Bonchev–Trinajstić information content (AvgIpc) is 2.50. The molecule has 0 aromatic heterocycles. The first-order chi connectivity index (χ1) is 11.4. The van der Waals surface area contributed by atoms with Crippen molar-refractivity contribution in [2.75, 3.05) is 18.4 Å².